The third-order valence-electron chi connectivity index (χ3n) is 3.69. The zero-order valence-electron chi connectivity index (χ0n) is 13.0. The fraction of sp³-hybridized carbons (Fsp3) is 0.125. The third-order valence-corrected chi connectivity index (χ3v) is 5.51. The Labute approximate surface area is 139 Å². The summed E-state index contributed by atoms with van der Waals surface area (Å²) in [5.41, 5.74) is 0.628. The molecule has 8 heteroatoms. The molecule has 0 bridgehead atoms. The van der Waals surface area contributed by atoms with Gasteiger partial charge in [0.2, 0.25) is 0 Å². The van der Waals surface area contributed by atoms with Crippen molar-refractivity contribution in [1.82, 2.24) is 9.29 Å². The van der Waals surface area contributed by atoms with E-state index in [1.54, 1.807) is 24.3 Å². The standard InChI is InChI=1S/C16H15N3O4S/c1-10-7-8-17-13(9-10)18-16(21)14-15(20)11-5-3-4-6-12(11)24(22,23)19(14)2/h3-9,20H,1-2H3,(H,17,18,21). The van der Waals surface area contributed by atoms with Crippen molar-refractivity contribution < 1.29 is 18.3 Å². The maximum Gasteiger partial charge on any atom is 0.277 e. The van der Waals surface area contributed by atoms with Gasteiger partial charge in [-0.2, -0.15) is 0 Å². The molecule has 3 rings (SSSR count). The molecule has 0 atom stereocenters. The monoisotopic (exact) mass is 345 g/mol. The summed E-state index contributed by atoms with van der Waals surface area (Å²) < 4.78 is 25.9. The summed E-state index contributed by atoms with van der Waals surface area (Å²) in [7, 11) is -2.69. The molecule has 0 radical (unpaired) electrons. The lowest BCUT2D eigenvalue weighted by atomic mass is 10.1. The quantitative estimate of drug-likeness (QED) is 0.866. The highest BCUT2D eigenvalue weighted by Crippen LogP contribution is 2.34. The Morgan fingerprint density at radius 2 is 1.96 bits per heavy atom. The van der Waals surface area contributed by atoms with Gasteiger partial charge >= 0.3 is 0 Å². The number of aryl methyl sites for hydroxylation is 1. The molecule has 2 aromatic rings. The second-order valence-corrected chi connectivity index (χ2v) is 7.28. The van der Waals surface area contributed by atoms with Crippen LogP contribution in [0.2, 0.25) is 0 Å². The number of fused-ring (bicyclic) bond motifs is 1. The number of anilines is 1. The highest BCUT2D eigenvalue weighted by molar-refractivity contribution is 7.89. The molecular weight excluding hydrogens is 330 g/mol. The lowest BCUT2D eigenvalue weighted by molar-refractivity contribution is -0.113. The van der Waals surface area contributed by atoms with E-state index in [4.69, 9.17) is 0 Å². The number of nitrogens with zero attached hydrogens (tertiary/aromatic N) is 2. The van der Waals surface area contributed by atoms with E-state index in [0.717, 1.165) is 9.87 Å². The molecule has 0 saturated carbocycles. The van der Waals surface area contributed by atoms with E-state index < -0.39 is 21.7 Å². The summed E-state index contributed by atoms with van der Waals surface area (Å²) >= 11 is 0. The van der Waals surface area contributed by atoms with Gasteiger partial charge in [-0.1, -0.05) is 12.1 Å². The molecule has 0 aliphatic carbocycles. The van der Waals surface area contributed by atoms with Crippen LogP contribution in [0.15, 0.2) is 53.2 Å². The zero-order chi connectivity index (χ0) is 17.5. The number of pyridine rings is 1. The van der Waals surface area contributed by atoms with Crippen LogP contribution in [0.3, 0.4) is 0 Å². The van der Waals surface area contributed by atoms with E-state index in [1.165, 1.54) is 25.4 Å². The summed E-state index contributed by atoms with van der Waals surface area (Å²) in [5, 5.41) is 12.9. The molecule has 124 valence electrons. The molecule has 0 fully saturated rings. The highest BCUT2D eigenvalue weighted by atomic mass is 32.2. The molecule has 1 aromatic heterocycles. The van der Waals surface area contributed by atoms with Gasteiger partial charge in [-0.3, -0.25) is 9.10 Å². The first-order chi connectivity index (χ1) is 11.3. The van der Waals surface area contributed by atoms with Gasteiger partial charge in [-0.05, 0) is 36.8 Å². The molecule has 1 aliphatic rings. The van der Waals surface area contributed by atoms with E-state index in [2.05, 4.69) is 10.3 Å². The maximum atomic E-state index is 12.6. The fourth-order valence-electron chi connectivity index (χ4n) is 2.46. The summed E-state index contributed by atoms with van der Waals surface area (Å²) in [4.78, 5) is 16.5. The minimum atomic E-state index is -3.91. The number of likely N-dealkylation sites (N-methyl/N-ethyl adjacent to an activating group) is 1. The predicted octanol–water partition coefficient (Wildman–Crippen LogP) is 1.89. The van der Waals surface area contributed by atoms with Gasteiger partial charge in [-0.15, -0.1) is 0 Å². The van der Waals surface area contributed by atoms with E-state index in [-0.39, 0.29) is 22.0 Å². The number of nitrogens with one attached hydrogen (secondary N) is 1. The second kappa shape index (κ2) is 5.64. The summed E-state index contributed by atoms with van der Waals surface area (Å²) in [6.07, 6.45) is 1.52. The SMILES string of the molecule is Cc1ccnc(NC(=O)C2=C(O)c3ccccc3S(=O)(=O)N2C)c1. The number of carbonyl (C=O) groups is 1. The average Bonchev–Trinajstić information content (AvgIpc) is 2.53. The Morgan fingerprint density at radius 3 is 2.67 bits per heavy atom. The number of carbonyl (C=O) groups excluding carboxylic acids is 1. The molecule has 0 spiro atoms. The van der Waals surface area contributed by atoms with Crippen molar-refractivity contribution in [3.8, 4) is 0 Å². The Kier molecular flexibility index (Phi) is 3.76. The Hall–Kier alpha value is -2.87. The summed E-state index contributed by atoms with van der Waals surface area (Å²) in [5.74, 6) is -0.885. The molecular formula is C16H15N3O4S. The first kappa shape index (κ1) is 16.0. The normalized spacial score (nSPS) is 15.8. The molecule has 1 aliphatic heterocycles. The van der Waals surface area contributed by atoms with Crippen molar-refractivity contribution in [3.05, 3.63) is 59.4 Å². The first-order valence-electron chi connectivity index (χ1n) is 7.08. The van der Waals surface area contributed by atoms with Gasteiger partial charge < -0.3 is 10.4 Å². The minimum Gasteiger partial charge on any atom is -0.505 e. The number of hydrogen-bond acceptors (Lipinski definition) is 5. The van der Waals surface area contributed by atoms with Gasteiger partial charge in [0.1, 0.15) is 5.82 Å². The maximum absolute atomic E-state index is 12.6. The van der Waals surface area contributed by atoms with E-state index in [0.29, 0.717) is 0 Å². The largest absolute Gasteiger partial charge is 0.505 e. The Balaban J connectivity index is 2.08. The average molecular weight is 345 g/mol. The van der Waals surface area contributed by atoms with Crippen LogP contribution in [0.1, 0.15) is 11.1 Å². The van der Waals surface area contributed by atoms with Crippen LogP contribution in [0, 0.1) is 6.92 Å². The summed E-state index contributed by atoms with van der Waals surface area (Å²) in [6.45, 7) is 1.83. The van der Waals surface area contributed by atoms with Crippen molar-refractivity contribution in [2.75, 3.05) is 12.4 Å². The molecule has 1 aromatic carbocycles. The van der Waals surface area contributed by atoms with Crippen molar-refractivity contribution in [2.45, 2.75) is 11.8 Å². The number of sulfonamides is 1. The predicted molar refractivity (Wildman–Crippen MR) is 88.5 cm³/mol. The Morgan fingerprint density at radius 1 is 1.25 bits per heavy atom. The number of amides is 1. The topological polar surface area (TPSA) is 99.6 Å². The molecule has 0 unspecified atom stereocenters. The van der Waals surface area contributed by atoms with Gasteiger partial charge in [0.15, 0.2) is 11.5 Å². The van der Waals surface area contributed by atoms with Gasteiger partial charge in [0.25, 0.3) is 15.9 Å². The fourth-order valence-corrected chi connectivity index (χ4v) is 3.86. The number of hydrogen-bond donors (Lipinski definition) is 2. The van der Waals surface area contributed by atoms with Crippen LogP contribution in [-0.4, -0.2) is 35.8 Å². The second-order valence-electron chi connectivity index (χ2n) is 5.34. The molecule has 1 amide bonds. The van der Waals surface area contributed by atoms with Crippen LogP contribution < -0.4 is 5.32 Å². The smallest absolute Gasteiger partial charge is 0.277 e. The van der Waals surface area contributed by atoms with Crippen molar-refractivity contribution >= 4 is 27.5 Å². The first-order valence-corrected chi connectivity index (χ1v) is 8.52. The molecule has 2 heterocycles. The summed E-state index contributed by atoms with van der Waals surface area (Å²) in [6, 6.07) is 9.38. The molecule has 0 saturated heterocycles. The van der Waals surface area contributed by atoms with Gasteiger partial charge in [0, 0.05) is 18.8 Å². The molecule has 24 heavy (non-hydrogen) atoms. The van der Waals surface area contributed by atoms with Crippen LogP contribution in [-0.2, 0) is 14.8 Å². The van der Waals surface area contributed by atoms with E-state index in [9.17, 15) is 18.3 Å². The van der Waals surface area contributed by atoms with Crippen molar-refractivity contribution in [1.29, 1.82) is 0 Å². The number of benzene rings is 1. The van der Waals surface area contributed by atoms with Crippen molar-refractivity contribution in [3.63, 3.8) is 0 Å². The molecule has 2 N–H and O–H groups in total. The van der Waals surface area contributed by atoms with E-state index >= 15 is 0 Å². The highest BCUT2D eigenvalue weighted by Gasteiger charge is 2.37. The molecule has 7 nitrogen and oxygen atoms in total. The number of aliphatic hydroxyl groups excluding tert-OH is 1. The third kappa shape index (κ3) is 2.50. The number of aromatic nitrogens is 1. The number of aliphatic hydroxyl groups is 1. The number of rotatable bonds is 2. The zero-order valence-corrected chi connectivity index (χ0v) is 13.8. The van der Waals surface area contributed by atoms with Crippen molar-refractivity contribution in [2.24, 2.45) is 0 Å². The van der Waals surface area contributed by atoms with Crippen LogP contribution in [0.25, 0.3) is 5.76 Å². The van der Waals surface area contributed by atoms with Crippen LogP contribution in [0.4, 0.5) is 5.82 Å². The van der Waals surface area contributed by atoms with E-state index in [1.807, 2.05) is 6.92 Å². The van der Waals surface area contributed by atoms with Crippen LogP contribution >= 0.6 is 0 Å². The lowest BCUT2D eigenvalue weighted by Gasteiger charge is -2.28. The lowest BCUT2D eigenvalue weighted by Crippen LogP contribution is -2.37. The van der Waals surface area contributed by atoms with Crippen LogP contribution in [0.5, 0.6) is 0 Å². The van der Waals surface area contributed by atoms with Gasteiger partial charge in [-0.25, -0.2) is 13.4 Å². The Bertz CT molecular complexity index is 967. The minimum absolute atomic E-state index is 0.0461. The van der Waals surface area contributed by atoms with Gasteiger partial charge in [0.05, 0.1) is 4.90 Å².